The van der Waals surface area contributed by atoms with Gasteiger partial charge in [-0.25, -0.2) is 0 Å². The molecule has 2 rings (SSSR count). The number of nitrogens with zero attached hydrogens (tertiary/aromatic N) is 1. The Labute approximate surface area is 154 Å². The van der Waals surface area contributed by atoms with E-state index in [2.05, 4.69) is 36.4 Å². The van der Waals surface area contributed by atoms with Gasteiger partial charge in [-0.2, -0.15) is 0 Å². The van der Waals surface area contributed by atoms with Crippen molar-refractivity contribution in [1.82, 2.24) is 10.2 Å². The molecule has 0 saturated carbocycles. The van der Waals surface area contributed by atoms with Gasteiger partial charge in [0.05, 0.1) is 0 Å². The minimum atomic E-state index is 0.429. The highest BCUT2D eigenvalue weighted by atomic mass is 35.5. The van der Waals surface area contributed by atoms with E-state index in [1.165, 1.54) is 5.56 Å². The summed E-state index contributed by atoms with van der Waals surface area (Å²) in [5.74, 6) is 0.831. The van der Waals surface area contributed by atoms with E-state index in [1.54, 1.807) is 6.07 Å². The maximum absolute atomic E-state index is 6.15. The fourth-order valence-corrected chi connectivity index (χ4v) is 2.72. The molecule has 130 valence electrons. The van der Waals surface area contributed by atoms with E-state index in [4.69, 9.17) is 27.9 Å². The lowest BCUT2D eigenvalue weighted by Gasteiger charge is -2.11. The number of rotatable bonds is 9. The number of hydrogen-bond donors (Lipinski definition) is 1. The first-order valence-electron chi connectivity index (χ1n) is 8.06. The van der Waals surface area contributed by atoms with Crippen molar-refractivity contribution in [3.63, 3.8) is 0 Å². The van der Waals surface area contributed by atoms with Gasteiger partial charge in [0.1, 0.15) is 12.4 Å². The number of hydrogen-bond acceptors (Lipinski definition) is 3. The highest BCUT2D eigenvalue weighted by Crippen LogP contribution is 2.22. The molecule has 5 heteroatoms. The third-order valence-corrected chi connectivity index (χ3v) is 4.21. The minimum Gasteiger partial charge on any atom is -0.489 e. The van der Waals surface area contributed by atoms with Crippen molar-refractivity contribution in [1.29, 1.82) is 0 Å². The summed E-state index contributed by atoms with van der Waals surface area (Å²) >= 11 is 12.0. The molecule has 2 aromatic carbocycles. The predicted molar refractivity (Wildman–Crippen MR) is 102 cm³/mol. The Kier molecular flexibility index (Phi) is 7.86. The van der Waals surface area contributed by atoms with Crippen LogP contribution in [0.4, 0.5) is 0 Å². The molecule has 0 unspecified atom stereocenters. The van der Waals surface area contributed by atoms with Gasteiger partial charge in [-0.15, -0.1) is 0 Å². The Balaban J connectivity index is 1.75. The molecule has 0 aromatic heterocycles. The van der Waals surface area contributed by atoms with Gasteiger partial charge in [0.2, 0.25) is 0 Å². The van der Waals surface area contributed by atoms with Crippen LogP contribution in [0.3, 0.4) is 0 Å². The molecule has 0 atom stereocenters. The Morgan fingerprint density at radius 3 is 2.46 bits per heavy atom. The zero-order chi connectivity index (χ0) is 17.4. The smallest absolute Gasteiger partial charge is 0.119 e. The van der Waals surface area contributed by atoms with Gasteiger partial charge in [-0.1, -0.05) is 41.4 Å². The largest absolute Gasteiger partial charge is 0.489 e. The second kappa shape index (κ2) is 9.90. The normalized spacial score (nSPS) is 11.0. The van der Waals surface area contributed by atoms with E-state index in [-0.39, 0.29) is 0 Å². The van der Waals surface area contributed by atoms with E-state index in [0.717, 1.165) is 37.4 Å². The molecule has 0 spiro atoms. The van der Waals surface area contributed by atoms with Crippen LogP contribution in [0.5, 0.6) is 5.75 Å². The van der Waals surface area contributed by atoms with Crippen LogP contribution in [0.25, 0.3) is 0 Å². The Bertz CT molecular complexity index is 630. The molecule has 2 aromatic rings. The Morgan fingerprint density at radius 2 is 1.79 bits per heavy atom. The van der Waals surface area contributed by atoms with Crippen LogP contribution in [0.15, 0.2) is 42.5 Å². The first kappa shape index (κ1) is 19.1. The predicted octanol–water partition coefficient (Wildman–Crippen LogP) is 4.61. The number of halogens is 2. The summed E-state index contributed by atoms with van der Waals surface area (Å²) in [6.45, 7) is 3.42. The van der Waals surface area contributed by atoms with E-state index in [1.807, 2.05) is 24.3 Å². The molecule has 0 saturated heterocycles. The van der Waals surface area contributed by atoms with E-state index < -0.39 is 0 Å². The van der Waals surface area contributed by atoms with Crippen molar-refractivity contribution < 1.29 is 4.74 Å². The number of benzene rings is 2. The molecular formula is C19H24Cl2N2O. The molecule has 0 aliphatic heterocycles. The molecule has 0 aliphatic carbocycles. The summed E-state index contributed by atoms with van der Waals surface area (Å²) in [6, 6.07) is 13.6. The summed E-state index contributed by atoms with van der Waals surface area (Å²) in [6.07, 6.45) is 1.15. The summed E-state index contributed by atoms with van der Waals surface area (Å²) in [7, 11) is 4.19. The van der Waals surface area contributed by atoms with Crippen LogP contribution in [0.2, 0.25) is 10.0 Å². The van der Waals surface area contributed by atoms with Crippen molar-refractivity contribution in [2.24, 2.45) is 0 Å². The third-order valence-electron chi connectivity index (χ3n) is 3.62. The van der Waals surface area contributed by atoms with Crippen molar-refractivity contribution in [3.05, 3.63) is 63.6 Å². The number of nitrogens with one attached hydrogen (secondary N) is 1. The molecule has 0 aliphatic rings. The van der Waals surface area contributed by atoms with Crippen molar-refractivity contribution in [3.8, 4) is 5.75 Å². The van der Waals surface area contributed by atoms with Gasteiger partial charge in [0, 0.05) is 22.2 Å². The summed E-state index contributed by atoms with van der Waals surface area (Å²) < 4.78 is 5.78. The quantitative estimate of drug-likeness (QED) is 0.655. The average Bonchev–Trinajstić information content (AvgIpc) is 2.54. The molecule has 0 bridgehead atoms. The highest BCUT2D eigenvalue weighted by molar-refractivity contribution is 6.35. The van der Waals surface area contributed by atoms with Gasteiger partial charge in [0.25, 0.3) is 0 Å². The molecular weight excluding hydrogens is 343 g/mol. The van der Waals surface area contributed by atoms with Gasteiger partial charge >= 0.3 is 0 Å². The van der Waals surface area contributed by atoms with Crippen molar-refractivity contribution in [2.45, 2.75) is 19.6 Å². The van der Waals surface area contributed by atoms with E-state index in [9.17, 15) is 0 Å². The van der Waals surface area contributed by atoms with Gasteiger partial charge in [-0.3, -0.25) is 0 Å². The molecule has 0 fully saturated rings. The second-order valence-electron chi connectivity index (χ2n) is 6.00. The summed E-state index contributed by atoms with van der Waals surface area (Å²) in [4.78, 5) is 2.20. The Hall–Kier alpha value is -1.26. The SMILES string of the molecule is CN(C)CCCNCc1ccc(OCc2ccc(Cl)cc2Cl)cc1. The monoisotopic (exact) mass is 366 g/mol. The fraction of sp³-hybridized carbons (Fsp3) is 0.368. The highest BCUT2D eigenvalue weighted by Gasteiger charge is 2.03. The van der Waals surface area contributed by atoms with E-state index in [0.29, 0.717) is 16.7 Å². The van der Waals surface area contributed by atoms with Crippen LogP contribution >= 0.6 is 23.2 Å². The molecule has 0 radical (unpaired) electrons. The minimum absolute atomic E-state index is 0.429. The van der Waals surface area contributed by atoms with Crippen molar-refractivity contribution in [2.75, 3.05) is 27.2 Å². The average molecular weight is 367 g/mol. The molecule has 3 nitrogen and oxygen atoms in total. The first-order chi connectivity index (χ1) is 11.5. The third kappa shape index (κ3) is 6.70. The van der Waals surface area contributed by atoms with Crippen LogP contribution in [0.1, 0.15) is 17.5 Å². The maximum Gasteiger partial charge on any atom is 0.119 e. The van der Waals surface area contributed by atoms with Gasteiger partial charge in [0.15, 0.2) is 0 Å². The van der Waals surface area contributed by atoms with Gasteiger partial charge in [-0.05, 0) is 63.4 Å². The topological polar surface area (TPSA) is 24.5 Å². The lowest BCUT2D eigenvalue weighted by molar-refractivity contribution is 0.306. The fourth-order valence-electron chi connectivity index (χ4n) is 2.26. The number of ether oxygens (including phenoxy) is 1. The standard InChI is InChI=1S/C19H24Cl2N2O/c1-23(2)11-3-10-22-13-15-4-8-18(9-5-15)24-14-16-6-7-17(20)12-19(16)21/h4-9,12,22H,3,10-11,13-14H2,1-2H3. The van der Waals surface area contributed by atoms with Crippen LogP contribution in [-0.4, -0.2) is 32.1 Å². The molecule has 1 N–H and O–H groups in total. The summed E-state index contributed by atoms with van der Waals surface area (Å²) in [5, 5.41) is 4.71. The van der Waals surface area contributed by atoms with E-state index >= 15 is 0 Å². The molecule has 24 heavy (non-hydrogen) atoms. The lowest BCUT2D eigenvalue weighted by Crippen LogP contribution is -2.20. The van der Waals surface area contributed by atoms with Crippen molar-refractivity contribution >= 4 is 23.2 Å². The van der Waals surface area contributed by atoms with Gasteiger partial charge < -0.3 is 15.0 Å². The summed E-state index contributed by atoms with van der Waals surface area (Å²) in [5.41, 5.74) is 2.17. The first-order valence-corrected chi connectivity index (χ1v) is 8.81. The molecule has 0 amide bonds. The zero-order valence-corrected chi connectivity index (χ0v) is 15.7. The second-order valence-corrected chi connectivity index (χ2v) is 6.85. The Morgan fingerprint density at radius 1 is 1.04 bits per heavy atom. The molecule has 0 heterocycles. The zero-order valence-electron chi connectivity index (χ0n) is 14.2. The van der Waals surface area contributed by atoms with Crippen LogP contribution < -0.4 is 10.1 Å². The van der Waals surface area contributed by atoms with Crippen LogP contribution in [0, 0.1) is 0 Å². The van der Waals surface area contributed by atoms with Crippen LogP contribution in [-0.2, 0) is 13.2 Å². The lowest BCUT2D eigenvalue weighted by atomic mass is 10.2. The maximum atomic E-state index is 6.15.